The summed E-state index contributed by atoms with van der Waals surface area (Å²) in [6, 6.07) is 6.37. The molecule has 3 heterocycles. The van der Waals surface area contributed by atoms with E-state index in [0.29, 0.717) is 28.8 Å². The highest BCUT2D eigenvalue weighted by atomic mass is 35.5. The van der Waals surface area contributed by atoms with E-state index >= 15 is 0 Å². The van der Waals surface area contributed by atoms with Crippen molar-refractivity contribution in [1.29, 1.82) is 0 Å². The van der Waals surface area contributed by atoms with Crippen molar-refractivity contribution in [2.75, 3.05) is 24.5 Å². The third-order valence-electron chi connectivity index (χ3n) is 4.94. The van der Waals surface area contributed by atoms with Gasteiger partial charge in [-0.15, -0.1) is 10.2 Å². The molecule has 1 saturated heterocycles. The van der Waals surface area contributed by atoms with Crippen LogP contribution in [0, 0.1) is 12.8 Å². The van der Waals surface area contributed by atoms with Crippen molar-refractivity contribution in [3.8, 4) is 11.4 Å². The molecule has 3 aromatic rings. The number of nitrogens with zero attached hydrogens (tertiary/aromatic N) is 5. The van der Waals surface area contributed by atoms with E-state index in [1.54, 1.807) is 0 Å². The highest BCUT2D eigenvalue weighted by molar-refractivity contribution is 6.31. The number of benzene rings is 1. The molecule has 26 heavy (non-hydrogen) atoms. The van der Waals surface area contributed by atoms with Crippen molar-refractivity contribution in [3.63, 3.8) is 0 Å². The van der Waals surface area contributed by atoms with Crippen LogP contribution < -0.4 is 10.2 Å². The number of piperazine rings is 1. The van der Waals surface area contributed by atoms with Crippen molar-refractivity contribution >= 4 is 28.3 Å². The first kappa shape index (κ1) is 17.2. The van der Waals surface area contributed by atoms with Crippen molar-refractivity contribution in [2.24, 2.45) is 5.92 Å². The summed E-state index contributed by atoms with van der Waals surface area (Å²) in [6.07, 6.45) is 0. The molecule has 136 valence electrons. The lowest BCUT2D eigenvalue weighted by molar-refractivity contribution is 0.367. The van der Waals surface area contributed by atoms with Gasteiger partial charge in [-0.25, -0.2) is 4.98 Å². The first-order valence-corrected chi connectivity index (χ1v) is 9.24. The van der Waals surface area contributed by atoms with Gasteiger partial charge in [0.1, 0.15) is 0 Å². The maximum atomic E-state index is 6.33. The lowest BCUT2D eigenvalue weighted by Crippen LogP contribution is -2.53. The molecule has 8 heteroatoms. The average Bonchev–Trinajstić information content (AvgIpc) is 3.03. The maximum Gasteiger partial charge on any atom is 0.194 e. The van der Waals surface area contributed by atoms with Crippen LogP contribution in [0.1, 0.15) is 19.5 Å². The lowest BCUT2D eigenvalue weighted by atomic mass is 10.0. The molecular weight excluding hydrogens is 350 g/mol. The number of halogens is 1. The molecule has 1 atom stereocenters. The number of hydrogen-bond acceptors (Lipinski definition) is 6. The standard InChI is InChI=1S/C18H22ClN7/c1-10(2)15-9-26(7-6-20-15)18-16(19)24-25-17(21-18)12-4-5-14-13(8-12)11(3)22-23-14/h4-5,8,10,15,20H,6-7,9H2,1-3H3,(H,22,23)/t15-/m1/s1. The molecule has 4 rings (SSSR count). The third kappa shape index (κ3) is 3.12. The minimum absolute atomic E-state index is 0.346. The lowest BCUT2D eigenvalue weighted by Gasteiger charge is -2.36. The smallest absolute Gasteiger partial charge is 0.194 e. The van der Waals surface area contributed by atoms with E-state index in [0.717, 1.165) is 41.8 Å². The third-order valence-corrected chi connectivity index (χ3v) is 5.19. The maximum absolute atomic E-state index is 6.33. The van der Waals surface area contributed by atoms with E-state index in [1.165, 1.54) is 0 Å². The van der Waals surface area contributed by atoms with Gasteiger partial charge in [-0.05, 0) is 31.0 Å². The molecular formula is C18H22ClN7. The molecule has 0 unspecified atom stereocenters. The SMILES string of the molecule is Cc1[nH]nc2ccc(-c3nnc(Cl)c(N4CCN[C@@H](C(C)C)C4)n3)cc12. The van der Waals surface area contributed by atoms with Gasteiger partial charge in [0.2, 0.25) is 0 Å². The fourth-order valence-electron chi connectivity index (χ4n) is 3.32. The van der Waals surface area contributed by atoms with Crippen LogP contribution in [0.15, 0.2) is 18.2 Å². The zero-order valence-electron chi connectivity index (χ0n) is 15.1. The predicted octanol–water partition coefficient (Wildman–Crippen LogP) is 2.81. The fourth-order valence-corrected chi connectivity index (χ4v) is 3.52. The molecule has 0 amide bonds. The monoisotopic (exact) mass is 371 g/mol. The van der Waals surface area contributed by atoms with Crippen LogP contribution >= 0.6 is 11.6 Å². The van der Waals surface area contributed by atoms with Crippen LogP contribution in [0.2, 0.25) is 5.15 Å². The van der Waals surface area contributed by atoms with Gasteiger partial charge < -0.3 is 10.2 Å². The molecule has 1 aliphatic rings. The Morgan fingerprint density at radius 2 is 2.12 bits per heavy atom. The summed E-state index contributed by atoms with van der Waals surface area (Å²) < 4.78 is 0. The molecule has 2 N–H and O–H groups in total. The summed E-state index contributed by atoms with van der Waals surface area (Å²) in [7, 11) is 0. The summed E-state index contributed by atoms with van der Waals surface area (Å²) >= 11 is 6.33. The van der Waals surface area contributed by atoms with E-state index in [9.17, 15) is 0 Å². The molecule has 1 aromatic carbocycles. The van der Waals surface area contributed by atoms with Gasteiger partial charge in [0, 0.05) is 42.3 Å². The van der Waals surface area contributed by atoms with Crippen LogP contribution in [0.5, 0.6) is 0 Å². The Balaban J connectivity index is 1.70. The van der Waals surface area contributed by atoms with E-state index in [2.05, 4.69) is 44.5 Å². The van der Waals surface area contributed by atoms with Crippen LogP contribution in [0.3, 0.4) is 0 Å². The largest absolute Gasteiger partial charge is 0.351 e. The zero-order valence-corrected chi connectivity index (χ0v) is 15.9. The van der Waals surface area contributed by atoms with Crippen LogP contribution in [0.25, 0.3) is 22.3 Å². The highest BCUT2D eigenvalue weighted by Gasteiger charge is 2.25. The normalized spacial score (nSPS) is 18.0. The van der Waals surface area contributed by atoms with Gasteiger partial charge >= 0.3 is 0 Å². The first-order valence-electron chi connectivity index (χ1n) is 8.86. The molecule has 7 nitrogen and oxygen atoms in total. The average molecular weight is 372 g/mol. The number of aromatic nitrogens is 5. The van der Waals surface area contributed by atoms with Crippen molar-refractivity contribution in [2.45, 2.75) is 26.8 Å². The zero-order chi connectivity index (χ0) is 18.3. The van der Waals surface area contributed by atoms with Crippen molar-refractivity contribution < 1.29 is 0 Å². The summed E-state index contributed by atoms with van der Waals surface area (Å²) in [5.41, 5.74) is 2.85. The van der Waals surface area contributed by atoms with Gasteiger partial charge in [0.15, 0.2) is 16.8 Å². The van der Waals surface area contributed by atoms with Gasteiger partial charge in [0.25, 0.3) is 0 Å². The van der Waals surface area contributed by atoms with Crippen molar-refractivity contribution in [1.82, 2.24) is 30.7 Å². The van der Waals surface area contributed by atoms with Crippen LogP contribution in [0.4, 0.5) is 5.82 Å². The molecule has 0 saturated carbocycles. The van der Waals surface area contributed by atoms with Gasteiger partial charge in [0.05, 0.1) is 5.52 Å². The Labute approximate surface area is 157 Å². The second kappa shape index (κ2) is 6.81. The second-order valence-corrected chi connectivity index (χ2v) is 7.44. The van der Waals surface area contributed by atoms with E-state index < -0.39 is 0 Å². The first-order chi connectivity index (χ1) is 12.5. The minimum Gasteiger partial charge on any atom is -0.351 e. The Hall–Kier alpha value is -2.25. The molecule has 0 radical (unpaired) electrons. The Morgan fingerprint density at radius 3 is 2.92 bits per heavy atom. The highest BCUT2D eigenvalue weighted by Crippen LogP contribution is 2.27. The number of fused-ring (bicyclic) bond motifs is 1. The Morgan fingerprint density at radius 1 is 1.27 bits per heavy atom. The predicted molar refractivity (Wildman–Crippen MR) is 104 cm³/mol. The minimum atomic E-state index is 0.346. The topological polar surface area (TPSA) is 82.6 Å². The molecule has 0 bridgehead atoms. The number of aromatic amines is 1. The number of rotatable bonds is 3. The van der Waals surface area contributed by atoms with Gasteiger partial charge in [-0.1, -0.05) is 25.4 Å². The molecule has 1 fully saturated rings. The van der Waals surface area contributed by atoms with E-state index in [-0.39, 0.29) is 0 Å². The number of nitrogens with one attached hydrogen (secondary N) is 2. The summed E-state index contributed by atoms with van der Waals surface area (Å²) in [5, 5.41) is 20.6. The number of hydrogen-bond donors (Lipinski definition) is 2. The second-order valence-electron chi connectivity index (χ2n) is 7.08. The van der Waals surface area contributed by atoms with Gasteiger partial charge in [-0.3, -0.25) is 5.10 Å². The van der Waals surface area contributed by atoms with Crippen LogP contribution in [-0.4, -0.2) is 51.1 Å². The molecule has 2 aromatic heterocycles. The van der Waals surface area contributed by atoms with Crippen LogP contribution in [-0.2, 0) is 0 Å². The fraction of sp³-hybridized carbons (Fsp3) is 0.444. The molecule has 1 aliphatic heterocycles. The molecule has 0 spiro atoms. The number of H-pyrrole nitrogens is 1. The number of aryl methyl sites for hydroxylation is 1. The van der Waals surface area contributed by atoms with E-state index in [4.69, 9.17) is 16.6 Å². The molecule has 0 aliphatic carbocycles. The Kier molecular flexibility index (Phi) is 4.50. The summed E-state index contributed by atoms with van der Waals surface area (Å²) in [6.45, 7) is 9.04. The quantitative estimate of drug-likeness (QED) is 0.736. The Bertz CT molecular complexity index is 936. The van der Waals surface area contributed by atoms with E-state index in [1.807, 2.05) is 25.1 Å². The van der Waals surface area contributed by atoms with Crippen molar-refractivity contribution in [3.05, 3.63) is 29.0 Å². The van der Waals surface area contributed by atoms with Gasteiger partial charge in [-0.2, -0.15) is 5.10 Å². The summed E-state index contributed by atoms with van der Waals surface area (Å²) in [5.74, 6) is 1.82. The summed E-state index contributed by atoms with van der Waals surface area (Å²) in [4.78, 5) is 6.94. The number of anilines is 1.